The van der Waals surface area contributed by atoms with Gasteiger partial charge in [0.05, 0.1) is 5.56 Å². The molecule has 27 heavy (non-hydrogen) atoms. The van der Waals surface area contributed by atoms with Gasteiger partial charge in [0.2, 0.25) is 0 Å². The summed E-state index contributed by atoms with van der Waals surface area (Å²) in [4.78, 5) is 28.5. The number of benzene rings is 2. The Hall–Kier alpha value is -3.19. The highest BCUT2D eigenvalue weighted by molar-refractivity contribution is 7.07. The Kier molecular flexibility index (Phi) is 5.83. The highest BCUT2D eigenvalue weighted by Crippen LogP contribution is 2.11. The molecule has 7 heteroatoms. The van der Waals surface area contributed by atoms with Gasteiger partial charge in [-0.15, -0.1) is 11.3 Å². The number of aromatic nitrogens is 1. The van der Waals surface area contributed by atoms with Crippen molar-refractivity contribution in [1.29, 1.82) is 0 Å². The maximum atomic E-state index is 12.1. The van der Waals surface area contributed by atoms with Crippen molar-refractivity contribution in [1.82, 2.24) is 4.57 Å². The second-order valence-corrected chi connectivity index (χ2v) is 6.80. The summed E-state index contributed by atoms with van der Waals surface area (Å²) < 4.78 is 6.83. The van der Waals surface area contributed by atoms with Crippen LogP contribution in [-0.4, -0.2) is 28.2 Å². The van der Waals surface area contributed by atoms with Crippen LogP contribution in [0.1, 0.15) is 21.5 Å². The van der Waals surface area contributed by atoms with E-state index in [-0.39, 0.29) is 11.3 Å². The molecule has 6 nitrogen and oxygen atoms in total. The van der Waals surface area contributed by atoms with Gasteiger partial charge in [-0.05, 0) is 30.7 Å². The number of ether oxygens (including phenoxy) is 1. The van der Waals surface area contributed by atoms with Crippen molar-refractivity contribution in [2.75, 3.05) is 6.61 Å². The summed E-state index contributed by atoms with van der Waals surface area (Å²) >= 11 is 1.33. The molecule has 1 heterocycles. The molecule has 0 aliphatic rings. The number of carbonyl (C=O) groups excluding carboxylic acids is 2. The number of phenolic OH excluding ortho intramolecular Hbond substituents is 1. The van der Waals surface area contributed by atoms with Crippen molar-refractivity contribution in [3.05, 3.63) is 81.6 Å². The predicted molar refractivity (Wildman–Crippen MR) is 102 cm³/mol. The zero-order valence-electron chi connectivity index (χ0n) is 14.7. The van der Waals surface area contributed by atoms with Crippen LogP contribution in [0.25, 0.3) is 0 Å². The molecule has 0 radical (unpaired) electrons. The van der Waals surface area contributed by atoms with E-state index in [2.05, 4.69) is 4.99 Å². The first-order chi connectivity index (χ1) is 13.0. The van der Waals surface area contributed by atoms with Crippen LogP contribution >= 0.6 is 11.3 Å². The SMILES string of the molecule is Cc1ccc(Cn2ccsc2=NC(=O)COC(=O)c2cccc(O)c2)cc1. The molecule has 2 aromatic carbocycles. The van der Waals surface area contributed by atoms with E-state index in [1.54, 1.807) is 0 Å². The van der Waals surface area contributed by atoms with Crippen LogP contribution in [0.5, 0.6) is 5.75 Å². The predicted octanol–water partition coefficient (Wildman–Crippen LogP) is 2.90. The number of hydrogen-bond acceptors (Lipinski definition) is 5. The van der Waals surface area contributed by atoms with Crippen LogP contribution in [0.15, 0.2) is 65.1 Å². The van der Waals surface area contributed by atoms with Gasteiger partial charge < -0.3 is 14.4 Å². The number of amides is 1. The number of esters is 1. The van der Waals surface area contributed by atoms with Crippen molar-refractivity contribution in [2.24, 2.45) is 4.99 Å². The third-order valence-corrected chi connectivity index (χ3v) is 4.56. The fraction of sp³-hybridized carbons (Fsp3) is 0.150. The molecule has 0 spiro atoms. The van der Waals surface area contributed by atoms with E-state index >= 15 is 0 Å². The molecular weight excluding hydrogens is 364 g/mol. The Bertz CT molecular complexity index is 1020. The first-order valence-electron chi connectivity index (χ1n) is 8.24. The van der Waals surface area contributed by atoms with Gasteiger partial charge in [-0.2, -0.15) is 4.99 Å². The van der Waals surface area contributed by atoms with Crippen molar-refractivity contribution in [3.8, 4) is 5.75 Å². The zero-order valence-corrected chi connectivity index (χ0v) is 15.5. The average Bonchev–Trinajstić information content (AvgIpc) is 3.08. The molecule has 1 aromatic heterocycles. The van der Waals surface area contributed by atoms with Gasteiger partial charge in [-0.3, -0.25) is 4.79 Å². The van der Waals surface area contributed by atoms with E-state index in [1.165, 1.54) is 41.2 Å². The molecule has 1 N–H and O–H groups in total. The molecule has 1 amide bonds. The van der Waals surface area contributed by atoms with Crippen LogP contribution in [0.2, 0.25) is 0 Å². The number of aromatic hydroxyl groups is 1. The van der Waals surface area contributed by atoms with E-state index in [0.717, 1.165) is 5.56 Å². The Labute approximate surface area is 160 Å². The van der Waals surface area contributed by atoms with Crippen molar-refractivity contribution >= 4 is 23.2 Å². The minimum atomic E-state index is -0.687. The smallest absolute Gasteiger partial charge is 0.338 e. The van der Waals surface area contributed by atoms with Crippen LogP contribution in [0.3, 0.4) is 0 Å². The normalized spacial score (nSPS) is 11.4. The van der Waals surface area contributed by atoms with Gasteiger partial charge in [0.1, 0.15) is 5.75 Å². The molecule has 3 aromatic rings. The third-order valence-electron chi connectivity index (χ3n) is 3.76. The van der Waals surface area contributed by atoms with Crippen LogP contribution in [0, 0.1) is 6.92 Å². The summed E-state index contributed by atoms with van der Waals surface area (Å²) in [5.41, 5.74) is 2.46. The molecule has 0 saturated heterocycles. The van der Waals surface area contributed by atoms with E-state index in [4.69, 9.17) is 4.74 Å². The molecule has 0 fully saturated rings. The summed E-state index contributed by atoms with van der Waals surface area (Å²) in [5, 5.41) is 11.2. The van der Waals surface area contributed by atoms with Gasteiger partial charge >= 0.3 is 5.97 Å². The van der Waals surface area contributed by atoms with Gasteiger partial charge in [0.25, 0.3) is 5.91 Å². The van der Waals surface area contributed by atoms with Gasteiger partial charge in [0, 0.05) is 18.1 Å². The van der Waals surface area contributed by atoms with Gasteiger partial charge in [0.15, 0.2) is 11.4 Å². The lowest BCUT2D eigenvalue weighted by Gasteiger charge is -2.04. The molecular formula is C20H18N2O4S. The Balaban J connectivity index is 1.65. The fourth-order valence-electron chi connectivity index (χ4n) is 2.38. The number of nitrogens with zero attached hydrogens (tertiary/aromatic N) is 2. The topological polar surface area (TPSA) is 80.9 Å². The number of thiazole rings is 1. The van der Waals surface area contributed by atoms with Crippen molar-refractivity contribution in [2.45, 2.75) is 13.5 Å². The van der Waals surface area contributed by atoms with E-state index in [1.807, 2.05) is 47.3 Å². The Morgan fingerprint density at radius 3 is 2.70 bits per heavy atom. The quantitative estimate of drug-likeness (QED) is 0.688. The fourth-order valence-corrected chi connectivity index (χ4v) is 3.12. The second kappa shape index (κ2) is 8.46. The standard InChI is InChI=1S/C20H18N2O4S/c1-14-5-7-15(8-6-14)12-22-9-10-27-20(22)21-18(24)13-26-19(25)16-3-2-4-17(23)11-16/h2-11,23H,12-13H2,1H3. The highest BCUT2D eigenvalue weighted by Gasteiger charge is 2.10. The monoisotopic (exact) mass is 382 g/mol. The largest absolute Gasteiger partial charge is 0.508 e. The molecule has 0 saturated carbocycles. The molecule has 0 atom stereocenters. The lowest BCUT2D eigenvalue weighted by atomic mass is 10.1. The Morgan fingerprint density at radius 1 is 1.19 bits per heavy atom. The average molecular weight is 382 g/mol. The summed E-state index contributed by atoms with van der Waals surface area (Å²) in [6.07, 6.45) is 1.86. The van der Waals surface area contributed by atoms with E-state index < -0.39 is 18.5 Å². The number of rotatable bonds is 5. The molecule has 0 unspecified atom stereocenters. The lowest BCUT2D eigenvalue weighted by Crippen LogP contribution is -2.20. The lowest BCUT2D eigenvalue weighted by molar-refractivity contribution is -0.121. The van der Waals surface area contributed by atoms with E-state index in [0.29, 0.717) is 11.3 Å². The van der Waals surface area contributed by atoms with Gasteiger partial charge in [-0.1, -0.05) is 35.9 Å². The minimum Gasteiger partial charge on any atom is -0.508 e. The number of hydrogen-bond donors (Lipinski definition) is 1. The first-order valence-corrected chi connectivity index (χ1v) is 9.12. The zero-order chi connectivity index (χ0) is 19.2. The summed E-state index contributed by atoms with van der Waals surface area (Å²) in [7, 11) is 0. The summed E-state index contributed by atoms with van der Waals surface area (Å²) in [5.74, 6) is -1.28. The minimum absolute atomic E-state index is 0.0452. The maximum Gasteiger partial charge on any atom is 0.338 e. The first kappa shape index (κ1) is 18.6. The molecule has 0 bridgehead atoms. The number of phenols is 1. The van der Waals surface area contributed by atoms with Crippen molar-refractivity contribution in [3.63, 3.8) is 0 Å². The molecule has 0 aliphatic carbocycles. The van der Waals surface area contributed by atoms with Crippen molar-refractivity contribution < 1.29 is 19.4 Å². The molecule has 3 rings (SSSR count). The van der Waals surface area contributed by atoms with E-state index in [9.17, 15) is 14.7 Å². The number of aryl methyl sites for hydroxylation is 1. The van der Waals surface area contributed by atoms with Crippen LogP contribution in [0.4, 0.5) is 0 Å². The second-order valence-electron chi connectivity index (χ2n) is 5.93. The summed E-state index contributed by atoms with van der Waals surface area (Å²) in [6, 6.07) is 13.9. The van der Waals surface area contributed by atoms with Gasteiger partial charge in [-0.25, -0.2) is 4.79 Å². The maximum absolute atomic E-state index is 12.1. The Morgan fingerprint density at radius 2 is 1.96 bits per heavy atom. The number of carbonyl (C=O) groups is 2. The summed E-state index contributed by atoms with van der Waals surface area (Å²) in [6.45, 7) is 2.16. The van der Waals surface area contributed by atoms with Crippen LogP contribution in [-0.2, 0) is 16.1 Å². The molecule has 138 valence electrons. The van der Waals surface area contributed by atoms with Crippen LogP contribution < -0.4 is 4.80 Å². The third kappa shape index (κ3) is 5.15. The highest BCUT2D eigenvalue weighted by atomic mass is 32.1. The molecule has 0 aliphatic heterocycles.